The molecule has 2 rings (SSSR count). The second kappa shape index (κ2) is 6.27. The van der Waals surface area contributed by atoms with Gasteiger partial charge in [-0.3, -0.25) is 9.89 Å². The van der Waals surface area contributed by atoms with E-state index < -0.39 is 15.9 Å². The largest absolute Gasteiger partial charge is 0.273 e. The molecule has 0 aliphatic heterocycles. The average molecular weight is 326 g/mol. The van der Waals surface area contributed by atoms with Crippen molar-refractivity contribution < 1.29 is 13.2 Å². The lowest BCUT2D eigenvalue weighted by Gasteiger charge is -2.06. The summed E-state index contributed by atoms with van der Waals surface area (Å²) in [6.07, 6.45) is 0. The molecule has 0 spiro atoms. The Morgan fingerprint density at radius 3 is 2.52 bits per heavy atom. The Kier molecular flexibility index (Phi) is 4.63. The fourth-order valence-corrected chi connectivity index (χ4v) is 3.19. The smallest absolute Gasteiger partial charge is 0.264 e. The number of aryl methyl sites for hydroxylation is 2. The van der Waals surface area contributed by atoms with Crippen molar-refractivity contribution >= 4 is 27.7 Å². The van der Waals surface area contributed by atoms with Crippen LogP contribution >= 0.6 is 11.8 Å². The lowest BCUT2D eigenvalue weighted by atomic mass is 10.2. The van der Waals surface area contributed by atoms with Gasteiger partial charge in [0.1, 0.15) is 5.82 Å². The van der Waals surface area contributed by atoms with Crippen molar-refractivity contribution in [2.45, 2.75) is 23.9 Å². The summed E-state index contributed by atoms with van der Waals surface area (Å²) < 4.78 is 26.0. The maximum Gasteiger partial charge on any atom is 0.264 e. The number of benzene rings is 1. The first-order chi connectivity index (χ1) is 9.87. The Balaban J connectivity index is 1.96. The second-order valence-corrected chi connectivity index (χ2v) is 6.96. The van der Waals surface area contributed by atoms with Gasteiger partial charge in [0.15, 0.2) is 0 Å². The molecule has 1 aromatic carbocycles. The summed E-state index contributed by atoms with van der Waals surface area (Å²) in [7, 11) is -3.84. The Morgan fingerprint density at radius 1 is 1.29 bits per heavy atom. The van der Waals surface area contributed by atoms with Gasteiger partial charge in [-0.25, -0.2) is 18.1 Å². The lowest BCUT2D eigenvalue weighted by molar-refractivity contribution is -0.116. The van der Waals surface area contributed by atoms with Crippen molar-refractivity contribution in [3.8, 4) is 0 Å². The summed E-state index contributed by atoms with van der Waals surface area (Å²) in [4.78, 5) is 15.8. The molecule has 0 aliphatic carbocycles. The molecule has 0 unspecified atom stereocenters. The molecule has 0 saturated carbocycles. The normalized spacial score (nSPS) is 11.3. The molecule has 21 heavy (non-hydrogen) atoms. The van der Waals surface area contributed by atoms with Crippen LogP contribution in [0.25, 0.3) is 0 Å². The molecule has 2 N–H and O–H groups in total. The van der Waals surface area contributed by atoms with E-state index >= 15 is 0 Å². The zero-order chi connectivity index (χ0) is 15.5. The van der Waals surface area contributed by atoms with Crippen LogP contribution in [0.3, 0.4) is 0 Å². The van der Waals surface area contributed by atoms with Crippen LogP contribution in [0.5, 0.6) is 0 Å². The Bertz CT molecular complexity index is 738. The minimum atomic E-state index is -3.84. The summed E-state index contributed by atoms with van der Waals surface area (Å²) in [5, 5.41) is 6.89. The minimum Gasteiger partial charge on any atom is -0.273 e. The Hall–Kier alpha value is -1.87. The highest BCUT2D eigenvalue weighted by molar-refractivity contribution is 8.00. The van der Waals surface area contributed by atoms with Gasteiger partial charge >= 0.3 is 0 Å². The first kappa shape index (κ1) is 15.5. The van der Waals surface area contributed by atoms with Gasteiger partial charge in [-0.2, -0.15) is 0 Å². The fourth-order valence-electron chi connectivity index (χ4n) is 1.47. The molecule has 9 heteroatoms. The summed E-state index contributed by atoms with van der Waals surface area (Å²) in [6.45, 7) is 3.59. The third kappa shape index (κ3) is 4.30. The number of sulfonamides is 1. The zero-order valence-corrected chi connectivity index (χ0v) is 13.1. The van der Waals surface area contributed by atoms with Crippen molar-refractivity contribution in [1.29, 1.82) is 0 Å². The van der Waals surface area contributed by atoms with Crippen LogP contribution in [0.4, 0.5) is 0 Å². The van der Waals surface area contributed by atoms with E-state index in [-0.39, 0.29) is 10.6 Å². The van der Waals surface area contributed by atoms with E-state index in [2.05, 4.69) is 15.2 Å². The van der Waals surface area contributed by atoms with Crippen molar-refractivity contribution in [1.82, 2.24) is 19.9 Å². The van der Waals surface area contributed by atoms with E-state index in [4.69, 9.17) is 0 Å². The summed E-state index contributed by atoms with van der Waals surface area (Å²) in [6, 6.07) is 6.25. The van der Waals surface area contributed by atoms with E-state index in [0.717, 1.165) is 17.3 Å². The van der Waals surface area contributed by atoms with Crippen molar-refractivity contribution in [2.75, 3.05) is 5.75 Å². The van der Waals surface area contributed by atoms with Gasteiger partial charge < -0.3 is 0 Å². The van der Waals surface area contributed by atoms with Crippen LogP contribution in [0.2, 0.25) is 0 Å². The van der Waals surface area contributed by atoms with Crippen LogP contribution < -0.4 is 4.72 Å². The van der Waals surface area contributed by atoms with Crippen molar-refractivity contribution in [2.24, 2.45) is 0 Å². The predicted molar refractivity (Wildman–Crippen MR) is 78.4 cm³/mol. The number of amides is 1. The van der Waals surface area contributed by atoms with E-state index in [1.165, 1.54) is 12.1 Å². The number of thioether (sulfide) groups is 1. The number of nitrogens with zero attached hydrogens (tertiary/aromatic N) is 2. The monoisotopic (exact) mass is 326 g/mol. The second-order valence-electron chi connectivity index (χ2n) is 4.33. The molecule has 0 aliphatic rings. The van der Waals surface area contributed by atoms with Gasteiger partial charge in [-0.15, -0.1) is 5.10 Å². The third-order valence-electron chi connectivity index (χ3n) is 2.49. The number of rotatable bonds is 5. The molecule has 112 valence electrons. The molecule has 0 radical (unpaired) electrons. The van der Waals surface area contributed by atoms with Crippen molar-refractivity contribution in [3.63, 3.8) is 0 Å². The number of carbonyl (C=O) groups excluding carboxylic acids is 1. The number of aromatic amines is 1. The zero-order valence-electron chi connectivity index (χ0n) is 11.5. The highest BCUT2D eigenvalue weighted by Gasteiger charge is 2.17. The molecular formula is C12H14N4O3S2. The number of aromatic nitrogens is 3. The van der Waals surface area contributed by atoms with Crippen LogP contribution in [0.1, 0.15) is 11.4 Å². The molecule has 0 fully saturated rings. The van der Waals surface area contributed by atoms with E-state index in [1.54, 1.807) is 19.1 Å². The van der Waals surface area contributed by atoms with Crippen LogP contribution in [-0.4, -0.2) is 35.3 Å². The number of carbonyl (C=O) groups is 1. The van der Waals surface area contributed by atoms with Gasteiger partial charge in [-0.05, 0) is 26.0 Å². The van der Waals surface area contributed by atoms with E-state index in [0.29, 0.717) is 11.0 Å². The van der Waals surface area contributed by atoms with Gasteiger partial charge in [0, 0.05) is 0 Å². The molecule has 7 nitrogen and oxygen atoms in total. The SMILES string of the molecule is Cc1ccc(S(=O)(=O)NC(=O)CSc2n[nH]c(C)n2)cc1. The molecule has 1 heterocycles. The summed E-state index contributed by atoms with van der Waals surface area (Å²) >= 11 is 1.06. The maximum atomic E-state index is 12.0. The Morgan fingerprint density at radius 2 is 1.95 bits per heavy atom. The molecule has 2 aromatic rings. The fraction of sp³-hybridized carbons (Fsp3) is 0.250. The van der Waals surface area contributed by atoms with Gasteiger partial charge in [0.05, 0.1) is 10.6 Å². The lowest BCUT2D eigenvalue weighted by Crippen LogP contribution is -2.31. The van der Waals surface area contributed by atoms with Crippen LogP contribution in [-0.2, 0) is 14.8 Å². The quantitative estimate of drug-likeness (QED) is 0.795. The van der Waals surface area contributed by atoms with Gasteiger partial charge in [0.25, 0.3) is 10.0 Å². The summed E-state index contributed by atoms with van der Waals surface area (Å²) in [5.74, 6) is -0.0734. The number of H-pyrrole nitrogens is 1. The maximum absolute atomic E-state index is 12.0. The predicted octanol–water partition coefficient (Wildman–Crippen LogP) is 1.02. The number of hydrogen-bond donors (Lipinski definition) is 2. The summed E-state index contributed by atoms with van der Waals surface area (Å²) in [5.41, 5.74) is 0.941. The molecule has 0 saturated heterocycles. The molecule has 1 aromatic heterocycles. The third-order valence-corrected chi connectivity index (χ3v) is 4.73. The first-order valence-electron chi connectivity index (χ1n) is 6.01. The van der Waals surface area contributed by atoms with E-state index in [9.17, 15) is 13.2 Å². The topological polar surface area (TPSA) is 105 Å². The van der Waals surface area contributed by atoms with Gasteiger partial charge in [0.2, 0.25) is 11.1 Å². The molecule has 0 bridgehead atoms. The molecule has 1 amide bonds. The average Bonchev–Trinajstić information content (AvgIpc) is 2.82. The number of nitrogens with one attached hydrogen (secondary N) is 2. The standard InChI is InChI=1S/C12H14N4O3S2/c1-8-3-5-10(6-4-8)21(18,19)16-11(17)7-20-12-13-9(2)14-15-12/h3-6H,7H2,1-2H3,(H,16,17)(H,13,14,15). The molecular weight excluding hydrogens is 312 g/mol. The highest BCUT2D eigenvalue weighted by atomic mass is 32.2. The number of hydrogen-bond acceptors (Lipinski definition) is 6. The Labute approximate surface area is 126 Å². The van der Waals surface area contributed by atoms with Gasteiger partial charge in [-0.1, -0.05) is 29.5 Å². The minimum absolute atomic E-state index is 0.0557. The molecule has 0 atom stereocenters. The van der Waals surface area contributed by atoms with Crippen LogP contribution in [0, 0.1) is 13.8 Å². The highest BCUT2D eigenvalue weighted by Crippen LogP contribution is 2.13. The van der Waals surface area contributed by atoms with Crippen molar-refractivity contribution in [3.05, 3.63) is 35.7 Å². The van der Waals surface area contributed by atoms with E-state index in [1.807, 2.05) is 11.6 Å². The van der Waals surface area contributed by atoms with Crippen LogP contribution in [0.15, 0.2) is 34.3 Å². The first-order valence-corrected chi connectivity index (χ1v) is 8.48.